The molecule has 0 spiro atoms. The van der Waals surface area contributed by atoms with E-state index in [4.69, 9.17) is 11.5 Å². The Hall–Kier alpha value is -1.16. The molecular weight excluding hydrogens is 296 g/mol. The van der Waals surface area contributed by atoms with Crippen molar-refractivity contribution in [3.8, 4) is 0 Å². The zero-order valence-corrected chi connectivity index (χ0v) is 18.0. The molecule has 24 heavy (non-hydrogen) atoms. The van der Waals surface area contributed by atoms with Gasteiger partial charge in [0, 0.05) is 29.9 Å². The predicted octanol–water partition coefficient (Wildman–Crippen LogP) is 4.33. The maximum absolute atomic E-state index is 6.14. The molecule has 0 bridgehead atoms. The molecule has 4 heteroatoms. The molecule has 1 fully saturated rings. The third-order valence-corrected chi connectivity index (χ3v) is 3.64. The van der Waals surface area contributed by atoms with Crippen molar-refractivity contribution in [1.29, 1.82) is 0 Å². The Morgan fingerprint density at radius 2 is 1.42 bits per heavy atom. The summed E-state index contributed by atoms with van der Waals surface area (Å²) in [5, 5.41) is 3.69. The van der Waals surface area contributed by atoms with E-state index in [1.807, 2.05) is 32.9 Å². The first-order valence-corrected chi connectivity index (χ1v) is 9.35. The Bertz CT molecular complexity index is 374. The van der Waals surface area contributed by atoms with E-state index in [-0.39, 0.29) is 11.1 Å². The molecule has 1 aliphatic heterocycles. The van der Waals surface area contributed by atoms with Crippen LogP contribution in [0.2, 0.25) is 0 Å². The molecule has 1 rings (SSSR count). The van der Waals surface area contributed by atoms with Gasteiger partial charge in [0.05, 0.1) is 5.82 Å². The van der Waals surface area contributed by atoms with E-state index in [0.29, 0.717) is 6.04 Å². The first kappa shape index (κ1) is 25.1. The molecule has 0 radical (unpaired) electrons. The molecular formula is C20H44N4. The summed E-state index contributed by atoms with van der Waals surface area (Å²) in [4.78, 5) is 2.17. The summed E-state index contributed by atoms with van der Waals surface area (Å²) >= 11 is 0. The Kier molecular flexibility index (Phi) is 11.9. The van der Waals surface area contributed by atoms with Crippen LogP contribution in [0.25, 0.3) is 0 Å². The van der Waals surface area contributed by atoms with Crippen molar-refractivity contribution in [3.05, 3.63) is 23.7 Å². The standard InChI is InChI=1S/C15H30N4.C3H8.C2H6/c1-11(16)7-8-13(17)19(6)12-9-14(2,3)18-15(4,5)10-12;1-3-2;1-2/h7-8,12,18H,9-10,16-17H2,1-6H3;3H2,1-2H3;1-2H3/b11-7-,13-8+;;. The number of hydrogen-bond acceptors (Lipinski definition) is 4. The van der Waals surface area contributed by atoms with Crippen LogP contribution >= 0.6 is 0 Å². The molecule has 5 N–H and O–H groups in total. The molecule has 0 amide bonds. The van der Waals surface area contributed by atoms with Crippen molar-refractivity contribution in [2.75, 3.05) is 7.05 Å². The van der Waals surface area contributed by atoms with Gasteiger partial charge in [-0.15, -0.1) is 0 Å². The first-order chi connectivity index (χ1) is 10.9. The van der Waals surface area contributed by atoms with Crippen molar-refractivity contribution in [1.82, 2.24) is 10.2 Å². The average Bonchev–Trinajstić information content (AvgIpc) is 2.43. The first-order valence-electron chi connectivity index (χ1n) is 9.35. The van der Waals surface area contributed by atoms with Crippen LogP contribution < -0.4 is 16.8 Å². The zero-order chi connectivity index (χ0) is 19.6. The zero-order valence-electron chi connectivity index (χ0n) is 18.0. The fourth-order valence-corrected chi connectivity index (χ4v) is 3.09. The second kappa shape index (κ2) is 11.4. The Morgan fingerprint density at radius 1 is 1.04 bits per heavy atom. The van der Waals surface area contributed by atoms with E-state index in [0.717, 1.165) is 24.4 Å². The Morgan fingerprint density at radius 3 is 1.75 bits per heavy atom. The van der Waals surface area contributed by atoms with E-state index in [9.17, 15) is 0 Å². The molecule has 0 aromatic heterocycles. The normalized spacial score (nSPS) is 20.2. The average molecular weight is 341 g/mol. The maximum Gasteiger partial charge on any atom is 0.0986 e. The lowest BCUT2D eigenvalue weighted by atomic mass is 9.79. The number of allylic oxidation sites excluding steroid dienone is 3. The molecule has 1 heterocycles. The number of nitrogens with two attached hydrogens (primary N) is 2. The fraction of sp³-hybridized carbons (Fsp3) is 0.800. The monoisotopic (exact) mass is 340 g/mol. The summed E-state index contributed by atoms with van der Waals surface area (Å²) in [6.07, 6.45) is 7.14. The lowest BCUT2D eigenvalue weighted by Crippen LogP contribution is -2.61. The molecule has 0 unspecified atom stereocenters. The van der Waals surface area contributed by atoms with Gasteiger partial charge in [0.25, 0.3) is 0 Å². The summed E-state index contributed by atoms with van der Waals surface area (Å²) < 4.78 is 0. The van der Waals surface area contributed by atoms with E-state index in [1.165, 1.54) is 6.42 Å². The molecule has 0 atom stereocenters. The second-order valence-corrected chi connectivity index (χ2v) is 7.78. The highest BCUT2D eigenvalue weighted by atomic mass is 15.2. The van der Waals surface area contributed by atoms with Gasteiger partial charge in [0.2, 0.25) is 0 Å². The minimum absolute atomic E-state index is 0.126. The van der Waals surface area contributed by atoms with Crippen molar-refractivity contribution in [2.24, 2.45) is 11.5 Å². The molecule has 1 aliphatic rings. The third-order valence-electron chi connectivity index (χ3n) is 3.64. The summed E-state index contributed by atoms with van der Waals surface area (Å²) in [5.74, 6) is 0.767. The van der Waals surface area contributed by atoms with Crippen LogP contribution in [0.5, 0.6) is 0 Å². The van der Waals surface area contributed by atoms with Gasteiger partial charge < -0.3 is 21.7 Å². The Balaban J connectivity index is 0. The molecule has 4 nitrogen and oxygen atoms in total. The molecule has 0 aliphatic carbocycles. The van der Waals surface area contributed by atoms with E-state index in [2.05, 4.69) is 58.8 Å². The second-order valence-electron chi connectivity index (χ2n) is 7.78. The minimum atomic E-state index is 0.126. The largest absolute Gasteiger partial charge is 0.402 e. The highest BCUT2D eigenvalue weighted by Crippen LogP contribution is 2.31. The van der Waals surface area contributed by atoms with Crippen LogP contribution in [0, 0.1) is 0 Å². The number of nitrogens with one attached hydrogen (secondary N) is 1. The van der Waals surface area contributed by atoms with Crippen molar-refractivity contribution >= 4 is 0 Å². The fourth-order valence-electron chi connectivity index (χ4n) is 3.09. The highest BCUT2D eigenvalue weighted by Gasteiger charge is 2.39. The van der Waals surface area contributed by atoms with E-state index < -0.39 is 0 Å². The number of nitrogens with zero attached hydrogens (tertiary/aromatic N) is 1. The Labute approximate surface area is 151 Å². The molecule has 1 saturated heterocycles. The highest BCUT2D eigenvalue weighted by molar-refractivity contribution is 5.14. The molecule has 0 aromatic rings. The van der Waals surface area contributed by atoms with Gasteiger partial charge in [0.15, 0.2) is 0 Å². The van der Waals surface area contributed by atoms with Gasteiger partial charge in [-0.2, -0.15) is 0 Å². The molecule has 144 valence electrons. The van der Waals surface area contributed by atoms with Crippen LogP contribution in [-0.4, -0.2) is 29.1 Å². The lowest BCUT2D eigenvalue weighted by molar-refractivity contribution is 0.0981. The van der Waals surface area contributed by atoms with Gasteiger partial charge in [-0.3, -0.25) is 0 Å². The number of rotatable bonds is 3. The van der Waals surface area contributed by atoms with Crippen molar-refractivity contribution in [3.63, 3.8) is 0 Å². The van der Waals surface area contributed by atoms with Crippen molar-refractivity contribution in [2.45, 2.75) is 98.7 Å². The van der Waals surface area contributed by atoms with Gasteiger partial charge in [-0.05, 0) is 59.6 Å². The summed E-state index contributed by atoms with van der Waals surface area (Å²) in [7, 11) is 2.06. The van der Waals surface area contributed by atoms with Crippen LogP contribution in [-0.2, 0) is 0 Å². The van der Waals surface area contributed by atoms with E-state index >= 15 is 0 Å². The van der Waals surface area contributed by atoms with Crippen LogP contribution in [0.1, 0.15) is 81.6 Å². The SMILES string of the molecule is C/C(N)=C/C=C(\N)N(C)C1CC(C)(C)NC(C)(C)C1.CC.CCC. The van der Waals surface area contributed by atoms with E-state index in [1.54, 1.807) is 0 Å². The quantitative estimate of drug-likeness (QED) is 0.669. The predicted molar refractivity (Wildman–Crippen MR) is 110 cm³/mol. The van der Waals surface area contributed by atoms with Gasteiger partial charge in [-0.1, -0.05) is 34.1 Å². The molecule has 0 saturated carbocycles. The summed E-state index contributed by atoms with van der Waals surface area (Å²) in [5.41, 5.74) is 12.8. The lowest BCUT2D eigenvalue weighted by Gasteiger charge is -2.49. The number of piperidine rings is 1. The summed E-state index contributed by atoms with van der Waals surface area (Å²) in [6.45, 7) is 19.1. The topological polar surface area (TPSA) is 67.3 Å². The van der Waals surface area contributed by atoms with Crippen LogP contribution in [0.3, 0.4) is 0 Å². The van der Waals surface area contributed by atoms with Gasteiger partial charge >= 0.3 is 0 Å². The van der Waals surface area contributed by atoms with Crippen LogP contribution in [0.4, 0.5) is 0 Å². The number of hydrogen-bond donors (Lipinski definition) is 3. The molecule has 0 aromatic carbocycles. The van der Waals surface area contributed by atoms with Gasteiger partial charge in [0.1, 0.15) is 0 Å². The van der Waals surface area contributed by atoms with Crippen LogP contribution in [0.15, 0.2) is 23.7 Å². The van der Waals surface area contributed by atoms with Gasteiger partial charge in [-0.25, -0.2) is 0 Å². The summed E-state index contributed by atoms with van der Waals surface area (Å²) in [6, 6.07) is 0.439. The smallest absolute Gasteiger partial charge is 0.0986 e. The maximum atomic E-state index is 6.14. The van der Waals surface area contributed by atoms with Crippen molar-refractivity contribution < 1.29 is 0 Å². The third kappa shape index (κ3) is 10.6. The minimum Gasteiger partial charge on any atom is -0.402 e.